The Bertz CT molecular complexity index is 922. The first-order valence-corrected chi connectivity index (χ1v) is 11.3. The van der Waals surface area contributed by atoms with Gasteiger partial charge in [-0.15, -0.1) is 24.0 Å². The summed E-state index contributed by atoms with van der Waals surface area (Å²) < 4.78 is 36.8. The Morgan fingerprint density at radius 1 is 1.10 bits per heavy atom. The summed E-state index contributed by atoms with van der Waals surface area (Å²) in [6.45, 7) is 0.987. The molecule has 9 heteroatoms. The molecule has 29 heavy (non-hydrogen) atoms. The summed E-state index contributed by atoms with van der Waals surface area (Å²) in [5.41, 5.74) is 2.38. The van der Waals surface area contributed by atoms with E-state index in [9.17, 15) is 12.8 Å². The second-order valence-corrected chi connectivity index (χ2v) is 9.14. The predicted molar refractivity (Wildman–Crippen MR) is 128 cm³/mol. The van der Waals surface area contributed by atoms with E-state index in [2.05, 4.69) is 15.6 Å². The van der Waals surface area contributed by atoms with Gasteiger partial charge in [0.1, 0.15) is 5.82 Å². The van der Waals surface area contributed by atoms with Crippen LogP contribution in [-0.2, 0) is 28.6 Å². The number of nitrogens with zero attached hydrogens (tertiary/aromatic N) is 1. The number of benzene rings is 2. The summed E-state index contributed by atoms with van der Waals surface area (Å²) in [6, 6.07) is 11.9. The molecular weight excluding hydrogens is 528 g/mol. The Kier molecular flexibility index (Phi) is 10.9. The van der Waals surface area contributed by atoms with E-state index in [-0.39, 0.29) is 36.3 Å². The van der Waals surface area contributed by atoms with Crippen molar-refractivity contribution in [3.05, 3.63) is 70.0 Å². The molecule has 0 aliphatic rings. The highest BCUT2D eigenvalue weighted by molar-refractivity contribution is 14.0. The monoisotopic (exact) mass is 553 g/mol. The third kappa shape index (κ3) is 9.77. The van der Waals surface area contributed by atoms with Crippen molar-refractivity contribution in [2.24, 2.45) is 4.99 Å². The SMILES string of the molecule is CN=C(NCCCc1ccc(Cl)cc1)NCc1cc(F)ccc1CS(C)(=O)=O.I. The van der Waals surface area contributed by atoms with Gasteiger partial charge in [0.15, 0.2) is 15.8 Å². The van der Waals surface area contributed by atoms with Crippen LogP contribution in [0.3, 0.4) is 0 Å². The highest BCUT2D eigenvalue weighted by Gasteiger charge is 2.11. The average molecular weight is 554 g/mol. The first-order valence-electron chi connectivity index (χ1n) is 8.91. The van der Waals surface area contributed by atoms with Crippen LogP contribution in [0, 0.1) is 5.82 Å². The van der Waals surface area contributed by atoms with Crippen LogP contribution in [0.2, 0.25) is 5.02 Å². The van der Waals surface area contributed by atoms with Crippen LogP contribution in [0.15, 0.2) is 47.5 Å². The van der Waals surface area contributed by atoms with Crippen molar-refractivity contribution in [3.63, 3.8) is 0 Å². The molecule has 2 rings (SSSR count). The average Bonchev–Trinajstić information content (AvgIpc) is 2.63. The maximum absolute atomic E-state index is 13.6. The molecule has 0 bridgehead atoms. The predicted octanol–water partition coefficient (Wildman–Crippen LogP) is 3.94. The van der Waals surface area contributed by atoms with Gasteiger partial charge in [-0.1, -0.05) is 29.8 Å². The largest absolute Gasteiger partial charge is 0.356 e. The van der Waals surface area contributed by atoms with Crippen molar-refractivity contribution in [1.82, 2.24) is 10.6 Å². The summed E-state index contributed by atoms with van der Waals surface area (Å²) in [6.07, 6.45) is 2.97. The van der Waals surface area contributed by atoms with Gasteiger partial charge in [-0.05, 0) is 53.8 Å². The van der Waals surface area contributed by atoms with Crippen LogP contribution in [0.1, 0.15) is 23.1 Å². The first kappa shape index (κ1) is 25.6. The van der Waals surface area contributed by atoms with E-state index in [0.717, 1.165) is 24.1 Å². The number of guanidine groups is 1. The maximum atomic E-state index is 13.6. The normalized spacial score (nSPS) is 11.7. The van der Waals surface area contributed by atoms with Gasteiger partial charge < -0.3 is 10.6 Å². The molecule has 2 aromatic carbocycles. The number of aryl methyl sites for hydroxylation is 1. The Balaban J connectivity index is 0.00000420. The quantitative estimate of drug-likeness (QED) is 0.225. The van der Waals surface area contributed by atoms with Crippen molar-refractivity contribution < 1.29 is 12.8 Å². The van der Waals surface area contributed by atoms with Crippen molar-refractivity contribution in [3.8, 4) is 0 Å². The van der Waals surface area contributed by atoms with Crippen LogP contribution in [0.25, 0.3) is 0 Å². The molecule has 2 N–H and O–H groups in total. The van der Waals surface area contributed by atoms with Crippen LogP contribution in [0.4, 0.5) is 4.39 Å². The molecule has 160 valence electrons. The van der Waals surface area contributed by atoms with Crippen molar-refractivity contribution >= 4 is 51.4 Å². The second-order valence-electron chi connectivity index (χ2n) is 6.57. The fraction of sp³-hybridized carbons (Fsp3) is 0.350. The van der Waals surface area contributed by atoms with E-state index in [4.69, 9.17) is 11.6 Å². The lowest BCUT2D eigenvalue weighted by atomic mass is 10.1. The zero-order valence-corrected chi connectivity index (χ0v) is 20.3. The lowest BCUT2D eigenvalue weighted by Crippen LogP contribution is -2.37. The molecule has 0 aliphatic carbocycles. The minimum Gasteiger partial charge on any atom is -0.356 e. The van der Waals surface area contributed by atoms with Crippen molar-refractivity contribution in [1.29, 1.82) is 0 Å². The third-order valence-electron chi connectivity index (χ3n) is 4.10. The Morgan fingerprint density at radius 2 is 1.79 bits per heavy atom. The molecule has 5 nitrogen and oxygen atoms in total. The van der Waals surface area contributed by atoms with E-state index >= 15 is 0 Å². The molecule has 0 aliphatic heterocycles. The maximum Gasteiger partial charge on any atom is 0.191 e. The van der Waals surface area contributed by atoms with Crippen LogP contribution < -0.4 is 10.6 Å². The van der Waals surface area contributed by atoms with Gasteiger partial charge in [-0.2, -0.15) is 0 Å². The summed E-state index contributed by atoms with van der Waals surface area (Å²) >= 11 is 5.88. The lowest BCUT2D eigenvalue weighted by molar-refractivity contribution is 0.599. The number of rotatable bonds is 8. The number of halogens is 3. The molecule has 0 unspecified atom stereocenters. The smallest absolute Gasteiger partial charge is 0.191 e. The molecule has 0 saturated carbocycles. The Hall–Kier alpha value is -1.39. The zero-order chi connectivity index (χ0) is 20.6. The van der Waals surface area contributed by atoms with Gasteiger partial charge in [-0.25, -0.2) is 12.8 Å². The number of nitrogens with one attached hydrogen (secondary N) is 2. The molecule has 0 aromatic heterocycles. The molecule has 0 radical (unpaired) electrons. The Labute approximate surface area is 194 Å². The number of aliphatic imine (C=N–C) groups is 1. The topological polar surface area (TPSA) is 70.6 Å². The molecule has 2 aromatic rings. The van der Waals surface area contributed by atoms with Gasteiger partial charge in [0.05, 0.1) is 5.75 Å². The Morgan fingerprint density at radius 3 is 2.41 bits per heavy atom. The molecule has 0 saturated heterocycles. The highest BCUT2D eigenvalue weighted by Crippen LogP contribution is 2.14. The third-order valence-corrected chi connectivity index (χ3v) is 5.19. The second kappa shape index (κ2) is 12.3. The summed E-state index contributed by atoms with van der Waals surface area (Å²) in [7, 11) is -1.56. The van der Waals surface area contributed by atoms with Crippen molar-refractivity contribution in [2.75, 3.05) is 19.8 Å². The molecular formula is C20H26ClFIN3O2S. The van der Waals surface area contributed by atoms with Gasteiger partial charge in [0.25, 0.3) is 0 Å². The molecule has 0 amide bonds. The minimum atomic E-state index is -3.21. The standard InChI is InChI=1S/C20H25ClFN3O2S.HI/c1-23-20(24-11-3-4-15-5-8-18(21)9-6-15)25-13-17-12-19(22)10-7-16(17)14-28(2,26)27;/h5-10,12H,3-4,11,13-14H2,1-2H3,(H2,23,24,25);1H. The lowest BCUT2D eigenvalue weighted by Gasteiger charge is -2.14. The van der Waals surface area contributed by atoms with Gasteiger partial charge >= 0.3 is 0 Å². The van der Waals surface area contributed by atoms with Crippen molar-refractivity contribution in [2.45, 2.75) is 25.1 Å². The fourth-order valence-electron chi connectivity index (χ4n) is 2.73. The molecule has 0 heterocycles. The van der Waals surface area contributed by atoms with Gasteiger partial charge in [0.2, 0.25) is 0 Å². The number of hydrogen-bond acceptors (Lipinski definition) is 3. The first-order chi connectivity index (χ1) is 13.3. The van der Waals surface area contributed by atoms with Crippen LogP contribution in [-0.4, -0.2) is 34.2 Å². The molecule has 0 spiro atoms. The van der Waals surface area contributed by atoms with E-state index in [1.807, 2.05) is 24.3 Å². The van der Waals surface area contributed by atoms with Crippen LogP contribution in [0.5, 0.6) is 0 Å². The van der Waals surface area contributed by atoms with Gasteiger partial charge in [-0.3, -0.25) is 4.99 Å². The van der Waals surface area contributed by atoms with E-state index < -0.39 is 15.7 Å². The molecule has 0 atom stereocenters. The fourth-order valence-corrected chi connectivity index (χ4v) is 3.70. The summed E-state index contributed by atoms with van der Waals surface area (Å²) in [4.78, 5) is 4.15. The van der Waals surface area contributed by atoms with E-state index in [1.165, 1.54) is 23.8 Å². The summed E-state index contributed by atoms with van der Waals surface area (Å²) in [5.74, 6) is 0.0443. The zero-order valence-electron chi connectivity index (χ0n) is 16.4. The van der Waals surface area contributed by atoms with E-state index in [0.29, 0.717) is 23.6 Å². The van der Waals surface area contributed by atoms with Gasteiger partial charge in [0, 0.05) is 31.4 Å². The minimum absolute atomic E-state index is 0. The molecule has 0 fully saturated rings. The van der Waals surface area contributed by atoms with E-state index in [1.54, 1.807) is 7.05 Å². The summed E-state index contributed by atoms with van der Waals surface area (Å²) in [5, 5.41) is 7.03. The highest BCUT2D eigenvalue weighted by atomic mass is 127. The van der Waals surface area contributed by atoms with Crippen LogP contribution >= 0.6 is 35.6 Å². The number of hydrogen-bond donors (Lipinski definition) is 2. The number of sulfone groups is 1.